The van der Waals surface area contributed by atoms with E-state index in [0.29, 0.717) is 6.07 Å². The van der Waals surface area contributed by atoms with Crippen LogP contribution in [0.1, 0.15) is 6.92 Å². The van der Waals surface area contributed by atoms with Crippen LogP contribution < -0.4 is 14.2 Å². The fourth-order valence-corrected chi connectivity index (χ4v) is 2.69. The molecular weight excluding hydrogens is 390 g/mol. The van der Waals surface area contributed by atoms with Crippen molar-refractivity contribution in [2.45, 2.75) is 6.92 Å². The molecule has 1 aromatic rings. The van der Waals surface area contributed by atoms with E-state index in [0.717, 1.165) is 7.11 Å². The van der Waals surface area contributed by atoms with E-state index in [9.17, 15) is 22.0 Å². The number of rotatable bonds is 6. The van der Waals surface area contributed by atoms with Crippen LogP contribution in [0, 0.1) is 11.6 Å². The molecule has 2 N–H and O–H groups in total. The first-order valence-electron chi connectivity index (χ1n) is 5.81. The van der Waals surface area contributed by atoms with Gasteiger partial charge < -0.3 is 9.47 Å². The molecule has 0 spiro atoms. The van der Waals surface area contributed by atoms with Gasteiger partial charge in [-0.3, -0.25) is 4.79 Å². The minimum Gasteiger partial charge on any atom is -0.491 e. The number of methoxy groups -OCH3 is 1. The number of nitrogens with zero attached hydrogens (tertiary/aromatic N) is 1. The molecule has 1 rings (SSSR count). The molecule has 0 heterocycles. The van der Waals surface area contributed by atoms with Crippen LogP contribution in [-0.4, -0.2) is 34.6 Å². The maximum Gasteiger partial charge on any atom is 0.326 e. The topological polar surface area (TPSA) is 98.9 Å². The fraction of sp³-hybridized carbons (Fsp3) is 0.364. The Hall–Kier alpha value is -1.46. The largest absolute Gasteiger partial charge is 0.491 e. The van der Waals surface area contributed by atoms with Crippen LogP contribution in [0.4, 0.5) is 14.5 Å². The molecule has 124 valence electrons. The molecule has 0 amide bonds. The van der Waals surface area contributed by atoms with E-state index in [1.165, 1.54) is 6.92 Å². The molecule has 0 saturated carbocycles. The van der Waals surface area contributed by atoms with Crippen LogP contribution in [0.2, 0.25) is 0 Å². The standard InChI is InChI=1S/C11H13BrF2N2O5S/c1-3-21-8(17)5-16(22(15,18)19)10-7(13)4-6(12)9(14)11(10)20-2/h4H,3,5H2,1-2H3,(H2,15,18,19). The van der Waals surface area contributed by atoms with Crippen molar-refractivity contribution in [3.05, 3.63) is 22.2 Å². The molecule has 22 heavy (non-hydrogen) atoms. The minimum absolute atomic E-state index is 0.0222. The average Bonchev–Trinajstić information content (AvgIpc) is 2.39. The Morgan fingerprint density at radius 2 is 2.05 bits per heavy atom. The normalized spacial score (nSPS) is 11.2. The molecule has 0 radical (unpaired) electrons. The Morgan fingerprint density at radius 3 is 2.50 bits per heavy atom. The maximum atomic E-state index is 14.1. The third-order valence-electron chi connectivity index (χ3n) is 2.44. The predicted octanol–water partition coefficient (Wildman–Crippen LogP) is 1.31. The number of carbonyl (C=O) groups is 1. The molecule has 0 unspecified atom stereocenters. The molecule has 0 saturated heterocycles. The lowest BCUT2D eigenvalue weighted by molar-refractivity contribution is -0.141. The molecule has 0 aliphatic carbocycles. The van der Waals surface area contributed by atoms with Gasteiger partial charge in [-0.1, -0.05) is 0 Å². The number of anilines is 1. The van der Waals surface area contributed by atoms with Gasteiger partial charge in [0.25, 0.3) is 10.2 Å². The van der Waals surface area contributed by atoms with Crippen LogP contribution >= 0.6 is 15.9 Å². The van der Waals surface area contributed by atoms with E-state index in [2.05, 4.69) is 20.7 Å². The van der Waals surface area contributed by atoms with Crippen molar-refractivity contribution in [3.8, 4) is 5.75 Å². The summed E-state index contributed by atoms with van der Waals surface area (Å²) in [6.07, 6.45) is 0. The number of hydrogen-bond acceptors (Lipinski definition) is 5. The molecule has 0 aromatic heterocycles. The van der Waals surface area contributed by atoms with Gasteiger partial charge in [0.1, 0.15) is 12.2 Å². The van der Waals surface area contributed by atoms with E-state index in [1.807, 2.05) is 0 Å². The Morgan fingerprint density at radius 1 is 1.45 bits per heavy atom. The first-order chi connectivity index (χ1) is 10.1. The molecule has 0 aliphatic heterocycles. The van der Waals surface area contributed by atoms with Crippen LogP contribution in [0.25, 0.3) is 0 Å². The van der Waals surface area contributed by atoms with Gasteiger partial charge in [0.05, 0.1) is 18.2 Å². The summed E-state index contributed by atoms with van der Waals surface area (Å²) >= 11 is 2.76. The quantitative estimate of drug-likeness (QED) is 0.571. The Balaban J connectivity index is 3.50. The second-order valence-corrected chi connectivity index (χ2v) is 6.22. The van der Waals surface area contributed by atoms with E-state index in [1.54, 1.807) is 0 Å². The second kappa shape index (κ2) is 7.20. The Labute approximate surface area is 134 Å². The number of benzene rings is 1. The van der Waals surface area contributed by atoms with Crippen molar-refractivity contribution in [2.75, 3.05) is 24.6 Å². The first-order valence-corrected chi connectivity index (χ1v) is 8.10. The predicted molar refractivity (Wildman–Crippen MR) is 77.7 cm³/mol. The highest BCUT2D eigenvalue weighted by atomic mass is 79.9. The van der Waals surface area contributed by atoms with Crippen LogP contribution in [0.15, 0.2) is 10.5 Å². The molecule has 0 atom stereocenters. The zero-order valence-corrected chi connectivity index (χ0v) is 14.0. The first kappa shape index (κ1) is 18.6. The smallest absolute Gasteiger partial charge is 0.326 e. The summed E-state index contributed by atoms with van der Waals surface area (Å²) in [5.41, 5.74) is -0.821. The van der Waals surface area contributed by atoms with Gasteiger partial charge in [-0.25, -0.2) is 18.2 Å². The van der Waals surface area contributed by atoms with Gasteiger partial charge >= 0.3 is 5.97 Å². The second-order valence-electron chi connectivity index (χ2n) is 3.89. The number of ether oxygens (including phenoxy) is 2. The Bertz CT molecular complexity index is 684. The molecular formula is C11H13BrF2N2O5S. The number of halogens is 3. The van der Waals surface area contributed by atoms with Crippen LogP contribution in [0.3, 0.4) is 0 Å². The highest BCUT2D eigenvalue weighted by Crippen LogP contribution is 2.38. The SMILES string of the molecule is CCOC(=O)CN(c1c(F)cc(Br)c(F)c1OC)S(N)(=O)=O. The van der Waals surface area contributed by atoms with Crippen molar-refractivity contribution in [1.29, 1.82) is 0 Å². The summed E-state index contributed by atoms with van der Waals surface area (Å²) in [7, 11) is -3.57. The Kier molecular flexibility index (Phi) is 6.08. The third kappa shape index (κ3) is 4.05. The fourth-order valence-electron chi connectivity index (χ4n) is 1.60. The van der Waals surface area contributed by atoms with Gasteiger partial charge in [0, 0.05) is 0 Å². The lowest BCUT2D eigenvalue weighted by atomic mass is 10.2. The third-order valence-corrected chi connectivity index (χ3v) is 3.95. The summed E-state index contributed by atoms with van der Waals surface area (Å²) < 4.78 is 60.5. The summed E-state index contributed by atoms with van der Waals surface area (Å²) in [6.45, 7) is 0.548. The van der Waals surface area contributed by atoms with Crippen molar-refractivity contribution in [2.24, 2.45) is 5.14 Å². The van der Waals surface area contributed by atoms with Gasteiger partial charge in [-0.05, 0) is 28.9 Å². The lowest BCUT2D eigenvalue weighted by Crippen LogP contribution is -2.41. The minimum atomic E-state index is -4.59. The van der Waals surface area contributed by atoms with Crippen molar-refractivity contribution < 1.29 is 31.5 Å². The average molecular weight is 403 g/mol. The lowest BCUT2D eigenvalue weighted by Gasteiger charge is -2.23. The summed E-state index contributed by atoms with van der Waals surface area (Å²) in [5, 5.41) is 4.97. The van der Waals surface area contributed by atoms with E-state index in [4.69, 9.17) is 9.88 Å². The van der Waals surface area contributed by atoms with Gasteiger partial charge in [-0.15, -0.1) is 0 Å². The zero-order chi connectivity index (χ0) is 17.1. The summed E-state index contributed by atoms with van der Waals surface area (Å²) in [6, 6.07) is 0.691. The maximum absolute atomic E-state index is 14.1. The van der Waals surface area contributed by atoms with Crippen LogP contribution in [0.5, 0.6) is 5.75 Å². The highest BCUT2D eigenvalue weighted by Gasteiger charge is 2.31. The zero-order valence-electron chi connectivity index (χ0n) is 11.6. The summed E-state index contributed by atoms with van der Waals surface area (Å²) in [4.78, 5) is 11.5. The van der Waals surface area contributed by atoms with E-state index in [-0.39, 0.29) is 15.4 Å². The van der Waals surface area contributed by atoms with Gasteiger partial charge in [-0.2, -0.15) is 8.42 Å². The molecule has 1 aromatic carbocycles. The van der Waals surface area contributed by atoms with Crippen molar-refractivity contribution >= 4 is 37.8 Å². The number of esters is 1. The molecule has 0 bridgehead atoms. The van der Waals surface area contributed by atoms with E-state index < -0.39 is 45.8 Å². The van der Waals surface area contributed by atoms with Crippen molar-refractivity contribution in [1.82, 2.24) is 0 Å². The monoisotopic (exact) mass is 402 g/mol. The van der Waals surface area contributed by atoms with Gasteiger partial charge in [0.2, 0.25) is 0 Å². The molecule has 7 nitrogen and oxygen atoms in total. The summed E-state index contributed by atoms with van der Waals surface area (Å²) in [5.74, 6) is -3.90. The highest BCUT2D eigenvalue weighted by molar-refractivity contribution is 9.10. The van der Waals surface area contributed by atoms with Crippen molar-refractivity contribution in [3.63, 3.8) is 0 Å². The number of nitrogens with two attached hydrogens (primary N) is 1. The van der Waals surface area contributed by atoms with Crippen LogP contribution in [-0.2, 0) is 19.7 Å². The molecule has 0 fully saturated rings. The van der Waals surface area contributed by atoms with Gasteiger partial charge in [0.15, 0.2) is 17.4 Å². The van der Waals surface area contributed by atoms with E-state index >= 15 is 0 Å². The number of carbonyl (C=O) groups excluding carboxylic acids is 1. The molecule has 11 heteroatoms. The molecule has 0 aliphatic rings. The number of hydrogen-bond donors (Lipinski definition) is 1.